The third-order valence-electron chi connectivity index (χ3n) is 3.84. The second-order valence-corrected chi connectivity index (χ2v) is 8.45. The smallest absolute Gasteiger partial charge is 0.518 e. The van der Waals surface area contributed by atoms with Crippen molar-refractivity contribution >= 4 is 15.9 Å². The molecule has 8 heteroatoms. The Bertz CT molecular complexity index is 735. The van der Waals surface area contributed by atoms with Gasteiger partial charge in [0.05, 0.1) is 0 Å². The van der Waals surface area contributed by atoms with Crippen molar-refractivity contribution in [3.63, 3.8) is 0 Å². The van der Waals surface area contributed by atoms with Gasteiger partial charge in [0.15, 0.2) is 0 Å². The van der Waals surface area contributed by atoms with E-state index in [1.54, 1.807) is 39.8 Å². The van der Waals surface area contributed by atoms with Crippen LogP contribution in [0.2, 0.25) is 0 Å². The highest BCUT2D eigenvalue weighted by Gasteiger charge is 2.45. The van der Waals surface area contributed by atoms with E-state index in [4.69, 9.17) is 0 Å². The molecule has 1 aromatic rings. The Morgan fingerprint density at radius 1 is 0.960 bits per heavy atom. The van der Waals surface area contributed by atoms with E-state index in [1.165, 1.54) is 0 Å². The summed E-state index contributed by atoms with van der Waals surface area (Å²) in [6, 6.07) is 3.48. The second-order valence-electron chi connectivity index (χ2n) is 6.86. The minimum Gasteiger partial charge on any atom is -0.858 e. The molecule has 1 rings (SSSR count). The maximum absolute atomic E-state index is 12.6. The predicted octanol–water partition coefficient (Wildman–Crippen LogP) is 4.01. The van der Waals surface area contributed by atoms with Gasteiger partial charge >= 0.3 is 15.5 Å². The average Bonchev–Trinajstić information content (AvgIpc) is 2.43. The van der Waals surface area contributed by atoms with Gasteiger partial charge in [0, 0.05) is 5.90 Å². The molecule has 4 nitrogen and oxygen atoms in total. The van der Waals surface area contributed by atoms with Gasteiger partial charge in [-0.15, -0.1) is 0 Å². The summed E-state index contributed by atoms with van der Waals surface area (Å²) < 4.78 is 62.7. The number of hydrogen-bond acceptors (Lipinski definition) is 3. The van der Waals surface area contributed by atoms with E-state index in [-0.39, 0.29) is 23.3 Å². The van der Waals surface area contributed by atoms with E-state index in [9.17, 15) is 26.7 Å². The molecule has 1 aromatic carbocycles. The van der Waals surface area contributed by atoms with Gasteiger partial charge in [0.2, 0.25) is 0 Å². The third kappa shape index (κ3) is 4.74. The summed E-state index contributed by atoms with van der Waals surface area (Å²) in [6.45, 7) is 11.1. The second kappa shape index (κ2) is 7.35. The fourth-order valence-corrected chi connectivity index (χ4v) is 2.82. The predicted molar refractivity (Wildman–Crippen MR) is 90.2 cm³/mol. The molecular weight excluding hydrogens is 355 g/mol. The van der Waals surface area contributed by atoms with E-state index in [2.05, 4.69) is 4.40 Å². The van der Waals surface area contributed by atoms with E-state index in [1.807, 2.05) is 13.8 Å². The van der Waals surface area contributed by atoms with Crippen LogP contribution >= 0.6 is 0 Å². The van der Waals surface area contributed by atoms with Crippen LogP contribution in [0.25, 0.3) is 0 Å². The van der Waals surface area contributed by atoms with Crippen LogP contribution in [0, 0.1) is 0 Å². The number of nitrogens with zero attached hydrogens (tertiary/aromatic N) is 1. The highest BCUT2D eigenvalue weighted by atomic mass is 32.2. The quantitative estimate of drug-likeness (QED) is 0.574. The molecule has 0 unspecified atom stereocenters. The molecule has 0 aliphatic heterocycles. The minimum absolute atomic E-state index is 0.0535. The van der Waals surface area contributed by atoms with E-state index < -0.39 is 21.4 Å². The van der Waals surface area contributed by atoms with Crippen molar-refractivity contribution in [3.05, 3.63) is 34.4 Å². The molecule has 0 N–H and O–H groups in total. The first-order valence-electron chi connectivity index (χ1n) is 7.95. The third-order valence-corrected chi connectivity index (χ3v) is 4.83. The van der Waals surface area contributed by atoms with Crippen LogP contribution in [0.1, 0.15) is 81.5 Å². The van der Waals surface area contributed by atoms with Crippen molar-refractivity contribution in [2.24, 2.45) is 4.40 Å². The molecule has 25 heavy (non-hydrogen) atoms. The number of alkyl halides is 3. The SMILES string of the molecule is CC(C)c1cc(C(C)C)c(/C([O-])=N/S(=O)(=O)C(F)(F)F)c(C(C)C)c1. The summed E-state index contributed by atoms with van der Waals surface area (Å²) in [5.74, 6) is -1.59. The van der Waals surface area contributed by atoms with Crippen LogP contribution in [-0.4, -0.2) is 19.8 Å². The molecule has 0 atom stereocenters. The van der Waals surface area contributed by atoms with Crippen LogP contribution in [0.3, 0.4) is 0 Å². The van der Waals surface area contributed by atoms with E-state index >= 15 is 0 Å². The summed E-state index contributed by atoms with van der Waals surface area (Å²) in [7, 11) is -5.88. The number of benzene rings is 1. The number of hydrogen-bond donors (Lipinski definition) is 0. The minimum atomic E-state index is -5.88. The zero-order valence-electron chi connectivity index (χ0n) is 15.1. The lowest BCUT2D eigenvalue weighted by molar-refractivity contribution is -0.212. The Morgan fingerprint density at radius 3 is 1.64 bits per heavy atom. The van der Waals surface area contributed by atoms with Gasteiger partial charge in [-0.05, 0) is 40.0 Å². The van der Waals surface area contributed by atoms with Crippen LogP contribution in [-0.2, 0) is 10.0 Å². The summed E-state index contributed by atoms with van der Waals surface area (Å²) in [6.07, 6.45) is 0. The van der Waals surface area contributed by atoms with Crippen molar-refractivity contribution < 1.29 is 26.7 Å². The lowest BCUT2D eigenvalue weighted by Crippen LogP contribution is -2.29. The average molecular weight is 378 g/mol. The molecule has 0 saturated carbocycles. The van der Waals surface area contributed by atoms with Crippen LogP contribution in [0.15, 0.2) is 16.5 Å². The molecule has 0 saturated heterocycles. The molecule has 0 aliphatic carbocycles. The lowest BCUT2D eigenvalue weighted by Gasteiger charge is -2.26. The molecule has 0 amide bonds. The maximum atomic E-state index is 12.6. The van der Waals surface area contributed by atoms with Gasteiger partial charge in [-0.1, -0.05) is 53.7 Å². The number of sulfonamides is 1. The summed E-state index contributed by atoms with van der Waals surface area (Å²) >= 11 is 0. The Balaban J connectivity index is 3.79. The molecule has 142 valence electrons. The normalized spacial score (nSPS) is 14.0. The first kappa shape index (κ1) is 21.5. The Kier molecular flexibility index (Phi) is 6.32. The standard InChI is InChI=1S/C17H24F3NO3S/c1-9(2)12-7-13(10(3)4)15(14(8-12)11(5)6)16(22)21-25(23,24)17(18,19)20/h7-11H,1-6H3,(H,21,22)/p-1. The molecule has 0 radical (unpaired) electrons. The van der Waals surface area contributed by atoms with E-state index in [0.29, 0.717) is 11.1 Å². The summed E-state index contributed by atoms with van der Waals surface area (Å²) in [5, 5.41) is 12.4. The molecule has 0 heterocycles. The van der Waals surface area contributed by atoms with Crippen molar-refractivity contribution in [2.45, 2.75) is 64.8 Å². The highest BCUT2D eigenvalue weighted by Crippen LogP contribution is 2.33. The topological polar surface area (TPSA) is 69.6 Å². The van der Waals surface area contributed by atoms with Crippen LogP contribution in [0.5, 0.6) is 0 Å². The van der Waals surface area contributed by atoms with Gasteiger partial charge in [0.25, 0.3) is 0 Å². The fraction of sp³-hybridized carbons (Fsp3) is 0.588. The monoisotopic (exact) mass is 378 g/mol. The van der Waals surface area contributed by atoms with Gasteiger partial charge in [0.1, 0.15) is 0 Å². The Morgan fingerprint density at radius 2 is 1.36 bits per heavy atom. The largest absolute Gasteiger partial charge is 0.858 e. The molecule has 0 aromatic heterocycles. The lowest BCUT2D eigenvalue weighted by atomic mass is 9.84. The van der Waals surface area contributed by atoms with Gasteiger partial charge in [-0.25, -0.2) is 0 Å². The molecule has 0 aliphatic rings. The molecular formula is C17H23F3NO3S-. The van der Waals surface area contributed by atoms with E-state index in [0.717, 1.165) is 5.56 Å². The summed E-state index contributed by atoms with van der Waals surface area (Å²) in [4.78, 5) is 0. The summed E-state index contributed by atoms with van der Waals surface area (Å²) in [5.41, 5.74) is -3.72. The highest BCUT2D eigenvalue weighted by molar-refractivity contribution is 7.91. The zero-order valence-corrected chi connectivity index (χ0v) is 15.9. The Hall–Kier alpha value is -1.57. The van der Waals surface area contributed by atoms with Crippen molar-refractivity contribution in [1.29, 1.82) is 0 Å². The first-order chi connectivity index (χ1) is 11.2. The van der Waals surface area contributed by atoms with Crippen molar-refractivity contribution in [3.8, 4) is 0 Å². The van der Waals surface area contributed by atoms with Crippen LogP contribution < -0.4 is 5.11 Å². The first-order valence-corrected chi connectivity index (χ1v) is 9.39. The molecule has 0 bridgehead atoms. The van der Waals surface area contributed by atoms with Gasteiger partial charge < -0.3 is 5.11 Å². The van der Waals surface area contributed by atoms with Crippen LogP contribution in [0.4, 0.5) is 13.2 Å². The van der Waals surface area contributed by atoms with Gasteiger partial charge in [-0.3, -0.25) is 0 Å². The van der Waals surface area contributed by atoms with Gasteiger partial charge in [-0.2, -0.15) is 26.0 Å². The maximum Gasteiger partial charge on any atom is 0.518 e. The van der Waals surface area contributed by atoms with Crippen molar-refractivity contribution in [2.75, 3.05) is 0 Å². The molecule has 0 spiro atoms. The fourth-order valence-electron chi connectivity index (χ4n) is 2.41. The number of rotatable bonds is 5. The number of halogens is 3. The molecule has 0 fully saturated rings. The Labute approximate surface area is 146 Å². The van der Waals surface area contributed by atoms with Crippen molar-refractivity contribution in [1.82, 2.24) is 0 Å². The zero-order chi connectivity index (χ0) is 19.7.